The number of hydrogen-bond donors (Lipinski definition) is 2. The second-order valence-electron chi connectivity index (χ2n) is 11.4. The second-order valence-corrected chi connectivity index (χ2v) is 11.8. The molecule has 3 aromatic carbocycles. The molecule has 7 rings (SSSR count). The lowest BCUT2D eigenvalue weighted by Gasteiger charge is -2.44. The van der Waals surface area contributed by atoms with Crippen molar-refractivity contribution in [1.29, 1.82) is 0 Å². The Morgan fingerprint density at radius 1 is 0.974 bits per heavy atom. The number of piperidine rings is 1. The third-order valence-electron chi connectivity index (χ3n) is 8.60. The van der Waals surface area contributed by atoms with Crippen molar-refractivity contribution in [3.8, 4) is 16.9 Å². The van der Waals surface area contributed by atoms with Crippen LogP contribution in [-0.4, -0.2) is 78.4 Å². The van der Waals surface area contributed by atoms with E-state index in [9.17, 15) is 5.11 Å². The lowest BCUT2D eigenvalue weighted by atomic mass is 9.93. The largest absolute Gasteiger partial charge is 0.508 e. The molecule has 4 heterocycles. The Kier molecular flexibility index (Phi) is 6.02. The van der Waals surface area contributed by atoms with Crippen molar-refractivity contribution in [1.82, 2.24) is 20.2 Å². The highest BCUT2D eigenvalue weighted by Crippen LogP contribution is 2.43. The van der Waals surface area contributed by atoms with Gasteiger partial charge < -0.3 is 25.1 Å². The van der Waals surface area contributed by atoms with E-state index in [1.54, 1.807) is 12.1 Å². The number of rotatable bonds is 4. The minimum atomic E-state index is -0.488. The lowest BCUT2D eigenvalue weighted by Crippen LogP contribution is -2.59. The zero-order chi connectivity index (χ0) is 26.8. The fourth-order valence-corrected chi connectivity index (χ4v) is 6.72. The first-order valence-electron chi connectivity index (χ1n) is 13.7. The molecule has 2 atom stereocenters. The first kappa shape index (κ1) is 24.8. The predicted molar refractivity (Wildman–Crippen MR) is 156 cm³/mol. The highest BCUT2D eigenvalue weighted by atomic mass is 35.5. The SMILES string of the molecule is CN(C)C1CN(c2nc(N3C[C@H]4CCC[C@@H](C3)N4)c3cc(Cl)c(-c4cc(O)cc5ccccc45)c(F)c3n2)C1. The van der Waals surface area contributed by atoms with E-state index in [4.69, 9.17) is 21.6 Å². The van der Waals surface area contributed by atoms with Crippen molar-refractivity contribution in [2.75, 3.05) is 50.1 Å². The van der Waals surface area contributed by atoms with Crippen LogP contribution in [0.25, 0.3) is 32.8 Å². The average Bonchev–Trinajstić information content (AvgIpc) is 2.87. The molecule has 3 aliphatic heterocycles. The van der Waals surface area contributed by atoms with Crippen LogP contribution in [0.4, 0.5) is 16.2 Å². The van der Waals surface area contributed by atoms with Crippen LogP contribution in [0.3, 0.4) is 0 Å². The van der Waals surface area contributed by atoms with Gasteiger partial charge in [0.2, 0.25) is 5.95 Å². The van der Waals surface area contributed by atoms with Crippen LogP contribution in [0.15, 0.2) is 42.5 Å². The Morgan fingerprint density at radius 3 is 2.46 bits per heavy atom. The number of nitrogens with one attached hydrogen (secondary N) is 1. The Labute approximate surface area is 232 Å². The molecule has 0 spiro atoms. The van der Waals surface area contributed by atoms with Crippen molar-refractivity contribution < 1.29 is 9.50 Å². The van der Waals surface area contributed by atoms with Gasteiger partial charge in [0.1, 0.15) is 17.1 Å². The van der Waals surface area contributed by atoms with Crippen molar-refractivity contribution in [2.45, 2.75) is 37.4 Å². The smallest absolute Gasteiger partial charge is 0.228 e. The number of phenolic OH excluding ortho intramolecular Hbond substituents is 1. The number of aromatic hydroxyl groups is 1. The molecular weight excluding hydrogens is 515 g/mol. The van der Waals surface area contributed by atoms with Crippen LogP contribution < -0.4 is 15.1 Å². The Balaban J connectivity index is 1.42. The van der Waals surface area contributed by atoms with E-state index in [0.717, 1.165) is 55.6 Å². The lowest BCUT2D eigenvalue weighted by molar-refractivity contribution is 0.245. The monoisotopic (exact) mass is 546 g/mol. The fourth-order valence-electron chi connectivity index (χ4n) is 6.42. The van der Waals surface area contributed by atoms with Crippen LogP contribution in [0.5, 0.6) is 5.75 Å². The maximum atomic E-state index is 16.7. The standard InChI is InChI=1S/C30H32ClFN6O/c1-36(2)20-15-38(16-20)30-34-28-24(29(35-30)37-13-18-7-5-8-19(14-37)33-18)12-25(31)26(27(28)32)23-11-21(39)10-17-6-3-4-9-22(17)23/h3-4,6,9-12,18-20,33,39H,5,7-8,13-16H2,1-2H3/t18-,19+. The van der Waals surface area contributed by atoms with Crippen LogP contribution in [0.2, 0.25) is 5.02 Å². The molecule has 0 aliphatic carbocycles. The topological polar surface area (TPSA) is 67.8 Å². The summed E-state index contributed by atoms with van der Waals surface area (Å²) in [7, 11) is 4.14. The molecule has 0 unspecified atom stereocenters. The van der Waals surface area contributed by atoms with Gasteiger partial charge in [-0.3, -0.25) is 0 Å². The summed E-state index contributed by atoms with van der Waals surface area (Å²) < 4.78 is 16.7. The Bertz CT molecular complexity index is 1580. The molecule has 9 heteroatoms. The van der Waals surface area contributed by atoms with E-state index in [0.29, 0.717) is 35.0 Å². The maximum Gasteiger partial charge on any atom is 0.228 e. The summed E-state index contributed by atoms with van der Waals surface area (Å²) in [6.45, 7) is 3.23. The van der Waals surface area contributed by atoms with Gasteiger partial charge in [0.25, 0.3) is 0 Å². The van der Waals surface area contributed by atoms with Crippen LogP contribution in [-0.2, 0) is 0 Å². The summed E-state index contributed by atoms with van der Waals surface area (Å²) in [6.07, 6.45) is 3.49. The molecular formula is C30H32ClFN6O. The second kappa shape index (κ2) is 9.47. The molecule has 0 amide bonds. The number of anilines is 2. The van der Waals surface area contributed by atoms with E-state index in [1.807, 2.05) is 30.3 Å². The number of likely N-dealkylation sites (N-methyl/N-ethyl adjacent to an activating group) is 1. The van der Waals surface area contributed by atoms with E-state index in [1.165, 1.54) is 6.42 Å². The van der Waals surface area contributed by atoms with Gasteiger partial charge in [-0.25, -0.2) is 9.37 Å². The van der Waals surface area contributed by atoms with Crippen LogP contribution in [0, 0.1) is 5.82 Å². The molecule has 202 valence electrons. The number of fused-ring (bicyclic) bond motifs is 4. The number of aromatic nitrogens is 2. The number of nitrogens with zero attached hydrogens (tertiary/aromatic N) is 5. The summed E-state index contributed by atoms with van der Waals surface area (Å²) in [4.78, 5) is 16.5. The first-order chi connectivity index (χ1) is 18.9. The summed E-state index contributed by atoms with van der Waals surface area (Å²) >= 11 is 6.87. The maximum absolute atomic E-state index is 16.7. The number of halogens is 2. The quantitative estimate of drug-likeness (QED) is 0.372. The normalized spacial score (nSPS) is 21.7. The summed E-state index contributed by atoms with van der Waals surface area (Å²) in [5.41, 5.74) is 1.06. The fraction of sp³-hybridized carbons (Fsp3) is 0.400. The molecule has 3 fully saturated rings. The van der Waals surface area contributed by atoms with Crippen molar-refractivity contribution >= 4 is 45.0 Å². The molecule has 1 aromatic heterocycles. The number of benzene rings is 3. The van der Waals surface area contributed by atoms with E-state index in [-0.39, 0.29) is 21.9 Å². The van der Waals surface area contributed by atoms with Gasteiger partial charge in [-0.1, -0.05) is 42.3 Å². The summed E-state index contributed by atoms with van der Waals surface area (Å²) in [5.74, 6) is 0.867. The van der Waals surface area contributed by atoms with Crippen molar-refractivity contribution in [3.63, 3.8) is 0 Å². The van der Waals surface area contributed by atoms with E-state index >= 15 is 4.39 Å². The molecule has 39 heavy (non-hydrogen) atoms. The van der Waals surface area contributed by atoms with Gasteiger partial charge in [0.15, 0.2) is 5.82 Å². The van der Waals surface area contributed by atoms with Gasteiger partial charge in [-0.05, 0) is 61.5 Å². The molecule has 0 saturated carbocycles. The van der Waals surface area contributed by atoms with Gasteiger partial charge in [-0.15, -0.1) is 0 Å². The average molecular weight is 547 g/mol. The molecule has 2 N–H and O–H groups in total. The molecule has 2 bridgehead atoms. The molecule has 3 saturated heterocycles. The summed E-state index contributed by atoms with van der Waals surface area (Å²) in [5, 5.41) is 16.7. The molecule has 3 aliphatic rings. The summed E-state index contributed by atoms with van der Waals surface area (Å²) in [6, 6.07) is 13.9. The number of phenols is 1. The van der Waals surface area contributed by atoms with Gasteiger partial charge in [0.05, 0.1) is 5.02 Å². The van der Waals surface area contributed by atoms with E-state index in [2.05, 4.69) is 34.1 Å². The van der Waals surface area contributed by atoms with Crippen molar-refractivity contribution in [2.24, 2.45) is 0 Å². The van der Waals surface area contributed by atoms with Crippen LogP contribution >= 0.6 is 11.6 Å². The highest BCUT2D eigenvalue weighted by Gasteiger charge is 2.35. The minimum absolute atomic E-state index is 0.0611. The zero-order valence-corrected chi connectivity index (χ0v) is 22.9. The van der Waals surface area contributed by atoms with Gasteiger partial charge in [-0.2, -0.15) is 4.98 Å². The number of hydrogen-bond acceptors (Lipinski definition) is 7. The van der Waals surface area contributed by atoms with Crippen LogP contribution in [0.1, 0.15) is 19.3 Å². The van der Waals surface area contributed by atoms with Gasteiger partial charge >= 0.3 is 0 Å². The Hall–Kier alpha value is -3.20. The Morgan fingerprint density at radius 2 is 1.72 bits per heavy atom. The van der Waals surface area contributed by atoms with Crippen molar-refractivity contribution in [3.05, 3.63) is 53.3 Å². The zero-order valence-electron chi connectivity index (χ0n) is 22.2. The predicted octanol–water partition coefficient (Wildman–Crippen LogP) is 5.03. The third-order valence-corrected chi connectivity index (χ3v) is 8.90. The first-order valence-corrected chi connectivity index (χ1v) is 14.1. The van der Waals surface area contributed by atoms with E-state index < -0.39 is 5.82 Å². The third kappa shape index (κ3) is 4.26. The molecule has 4 aromatic rings. The van der Waals surface area contributed by atoms with Gasteiger partial charge in [0, 0.05) is 55.3 Å². The highest BCUT2D eigenvalue weighted by molar-refractivity contribution is 6.35. The minimum Gasteiger partial charge on any atom is -0.508 e. The molecule has 0 radical (unpaired) electrons. The molecule has 7 nitrogen and oxygen atoms in total. The number of piperazine rings is 1.